The lowest BCUT2D eigenvalue weighted by molar-refractivity contribution is 0.560. The average Bonchev–Trinajstić information content (AvgIpc) is 3.07. The van der Waals surface area contributed by atoms with Crippen LogP contribution in [0.3, 0.4) is 0 Å². The number of guanidine groups is 1. The van der Waals surface area contributed by atoms with Crippen LogP contribution in [0.4, 0.5) is 8.78 Å². The molecule has 1 unspecified atom stereocenters. The van der Waals surface area contributed by atoms with E-state index in [0.29, 0.717) is 24.6 Å². The number of rotatable bonds is 8. The maximum absolute atomic E-state index is 13.9. The van der Waals surface area contributed by atoms with Gasteiger partial charge in [-0.3, -0.25) is 4.99 Å². The normalized spacial score (nSPS) is 12.4. The van der Waals surface area contributed by atoms with Crippen LogP contribution in [0.2, 0.25) is 0 Å². The Balaban J connectivity index is 0.00000364. The molecule has 2 aromatic rings. The van der Waals surface area contributed by atoms with E-state index >= 15 is 0 Å². The first-order valence-corrected chi connectivity index (χ1v) is 8.88. The quantitative estimate of drug-likeness (QED) is 0.338. The molecule has 0 radical (unpaired) electrons. The molecule has 1 aromatic heterocycles. The lowest BCUT2D eigenvalue weighted by Crippen LogP contribution is -2.39. The third kappa shape index (κ3) is 7.04. The van der Waals surface area contributed by atoms with E-state index in [4.69, 9.17) is 0 Å². The van der Waals surface area contributed by atoms with Crippen LogP contribution in [0.15, 0.2) is 29.5 Å². The van der Waals surface area contributed by atoms with Gasteiger partial charge in [-0.15, -0.1) is 34.2 Å². The highest BCUT2D eigenvalue weighted by Gasteiger charge is 2.12. The summed E-state index contributed by atoms with van der Waals surface area (Å²) in [6, 6.07) is 3.65. The molecule has 0 bridgehead atoms. The van der Waals surface area contributed by atoms with Crippen LogP contribution in [0.5, 0.6) is 0 Å². The van der Waals surface area contributed by atoms with E-state index in [-0.39, 0.29) is 29.9 Å². The van der Waals surface area contributed by atoms with E-state index in [0.717, 1.165) is 31.4 Å². The molecule has 2 rings (SSSR count). The first-order valence-electron chi connectivity index (χ1n) is 8.88. The molecular formula is C18H27F2IN6. The van der Waals surface area contributed by atoms with Gasteiger partial charge in [0, 0.05) is 44.6 Å². The zero-order chi connectivity index (χ0) is 18.9. The van der Waals surface area contributed by atoms with Gasteiger partial charge in [0.25, 0.3) is 0 Å². The first kappa shape index (κ1) is 23.3. The molecular weight excluding hydrogens is 465 g/mol. The minimum atomic E-state index is -0.572. The highest BCUT2D eigenvalue weighted by Crippen LogP contribution is 2.20. The molecule has 150 valence electrons. The molecule has 0 saturated carbocycles. The van der Waals surface area contributed by atoms with Crippen LogP contribution in [0.25, 0.3) is 0 Å². The number of aliphatic imine (C=N–C) groups is 1. The molecule has 0 amide bonds. The van der Waals surface area contributed by atoms with E-state index in [1.165, 1.54) is 12.1 Å². The predicted molar refractivity (Wildman–Crippen MR) is 114 cm³/mol. The zero-order valence-electron chi connectivity index (χ0n) is 15.9. The third-order valence-electron chi connectivity index (χ3n) is 4.02. The lowest BCUT2D eigenvalue weighted by Gasteiger charge is -2.14. The number of benzene rings is 1. The van der Waals surface area contributed by atoms with Crippen LogP contribution in [0.1, 0.15) is 38.1 Å². The van der Waals surface area contributed by atoms with E-state index in [1.54, 1.807) is 6.33 Å². The maximum Gasteiger partial charge on any atom is 0.191 e. The summed E-state index contributed by atoms with van der Waals surface area (Å²) in [6.45, 7) is 8.39. The van der Waals surface area contributed by atoms with E-state index in [2.05, 4.69) is 25.8 Å². The minimum absolute atomic E-state index is 0. The summed E-state index contributed by atoms with van der Waals surface area (Å²) in [5, 5.41) is 14.4. The molecule has 9 heteroatoms. The molecule has 0 aliphatic rings. The van der Waals surface area contributed by atoms with Crippen LogP contribution in [-0.2, 0) is 13.0 Å². The minimum Gasteiger partial charge on any atom is -0.357 e. The summed E-state index contributed by atoms with van der Waals surface area (Å²) in [7, 11) is 0. The van der Waals surface area contributed by atoms with Crippen molar-refractivity contribution in [2.45, 2.75) is 39.7 Å². The van der Waals surface area contributed by atoms with Crippen molar-refractivity contribution < 1.29 is 8.78 Å². The molecule has 1 aromatic carbocycles. The van der Waals surface area contributed by atoms with Gasteiger partial charge in [-0.25, -0.2) is 8.78 Å². The second kappa shape index (κ2) is 11.8. The topological polar surface area (TPSA) is 67.1 Å². The summed E-state index contributed by atoms with van der Waals surface area (Å²) in [6.07, 6.45) is 2.54. The number of aryl methyl sites for hydroxylation is 1. The lowest BCUT2D eigenvalue weighted by atomic mass is 10.0. The molecule has 0 spiro atoms. The number of halogens is 3. The van der Waals surface area contributed by atoms with Crippen molar-refractivity contribution in [3.63, 3.8) is 0 Å². The van der Waals surface area contributed by atoms with Gasteiger partial charge in [-0.1, -0.05) is 19.9 Å². The van der Waals surface area contributed by atoms with E-state index < -0.39 is 11.6 Å². The Morgan fingerprint density at radius 2 is 2.04 bits per heavy atom. The van der Waals surface area contributed by atoms with Gasteiger partial charge in [0.05, 0.1) is 0 Å². The second-order valence-corrected chi connectivity index (χ2v) is 6.01. The molecule has 6 nitrogen and oxygen atoms in total. The molecule has 1 atom stereocenters. The summed E-state index contributed by atoms with van der Waals surface area (Å²) < 4.78 is 28.9. The molecule has 0 aliphatic heterocycles. The number of hydrogen-bond donors (Lipinski definition) is 2. The Kier molecular flexibility index (Phi) is 10.2. The molecule has 0 saturated heterocycles. The van der Waals surface area contributed by atoms with Crippen LogP contribution >= 0.6 is 24.0 Å². The van der Waals surface area contributed by atoms with Gasteiger partial charge in [-0.2, -0.15) is 0 Å². The molecule has 0 aliphatic carbocycles. The fourth-order valence-corrected chi connectivity index (χ4v) is 2.60. The summed E-state index contributed by atoms with van der Waals surface area (Å²) >= 11 is 0. The number of hydrogen-bond acceptors (Lipinski definition) is 3. The van der Waals surface area contributed by atoms with Gasteiger partial charge in [0.15, 0.2) is 5.96 Å². The third-order valence-corrected chi connectivity index (χ3v) is 4.02. The summed E-state index contributed by atoms with van der Waals surface area (Å²) in [5.74, 6) is 0.334. The van der Waals surface area contributed by atoms with Crippen molar-refractivity contribution in [3.8, 4) is 0 Å². The van der Waals surface area contributed by atoms with Crippen molar-refractivity contribution in [1.82, 2.24) is 25.4 Å². The largest absolute Gasteiger partial charge is 0.357 e. The SMILES string of the molecule is CCNC(=NCC(C)c1ccc(F)cc1F)NCCn1cnnc1CC.I. The molecule has 27 heavy (non-hydrogen) atoms. The number of nitrogens with zero attached hydrogens (tertiary/aromatic N) is 4. The van der Waals surface area contributed by atoms with Gasteiger partial charge in [0.2, 0.25) is 0 Å². The highest BCUT2D eigenvalue weighted by atomic mass is 127. The average molecular weight is 492 g/mol. The Hall–Kier alpha value is -1.78. The van der Waals surface area contributed by atoms with Crippen molar-refractivity contribution >= 4 is 29.9 Å². The van der Waals surface area contributed by atoms with Gasteiger partial charge in [0.1, 0.15) is 23.8 Å². The maximum atomic E-state index is 13.9. The Labute approximate surface area is 175 Å². The summed E-state index contributed by atoms with van der Waals surface area (Å²) in [4.78, 5) is 4.51. The van der Waals surface area contributed by atoms with Crippen LogP contribution < -0.4 is 10.6 Å². The van der Waals surface area contributed by atoms with E-state index in [1.807, 2.05) is 25.3 Å². The molecule has 2 N–H and O–H groups in total. The molecule has 0 fully saturated rings. The van der Waals surface area contributed by atoms with E-state index in [9.17, 15) is 8.78 Å². The Morgan fingerprint density at radius 1 is 1.26 bits per heavy atom. The summed E-state index contributed by atoms with van der Waals surface area (Å²) in [5.41, 5.74) is 0.461. The van der Waals surface area contributed by atoms with Gasteiger partial charge in [-0.05, 0) is 18.6 Å². The Bertz CT molecular complexity index is 734. The zero-order valence-corrected chi connectivity index (χ0v) is 18.2. The van der Waals surface area contributed by atoms with Crippen molar-refractivity contribution in [2.24, 2.45) is 4.99 Å². The molecule has 1 heterocycles. The first-order chi connectivity index (χ1) is 12.5. The fourth-order valence-electron chi connectivity index (χ4n) is 2.60. The highest BCUT2D eigenvalue weighted by molar-refractivity contribution is 14.0. The Morgan fingerprint density at radius 3 is 2.70 bits per heavy atom. The van der Waals surface area contributed by atoms with Crippen molar-refractivity contribution in [2.75, 3.05) is 19.6 Å². The second-order valence-electron chi connectivity index (χ2n) is 6.01. The van der Waals surface area contributed by atoms with Crippen LogP contribution in [0, 0.1) is 11.6 Å². The smallest absolute Gasteiger partial charge is 0.191 e. The van der Waals surface area contributed by atoms with Crippen molar-refractivity contribution in [3.05, 3.63) is 47.5 Å². The number of aromatic nitrogens is 3. The van der Waals surface area contributed by atoms with Crippen molar-refractivity contribution in [1.29, 1.82) is 0 Å². The van der Waals surface area contributed by atoms with Crippen LogP contribution in [-0.4, -0.2) is 40.4 Å². The fraction of sp³-hybridized carbons (Fsp3) is 0.500. The van der Waals surface area contributed by atoms with Gasteiger partial charge < -0.3 is 15.2 Å². The predicted octanol–water partition coefficient (Wildman–Crippen LogP) is 3.10. The van der Waals surface area contributed by atoms with Gasteiger partial charge >= 0.3 is 0 Å². The number of nitrogens with one attached hydrogen (secondary N) is 2. The monoisotopic (exact) mass is 492 g/mol. The standard InChI is InChI=1S/C18H26F2N6.HI/c1-4-17-25-24-12-26(17)9-8-22-18(21-5-2)23-11-13(3)15-7-6-14(19)10-16(15)20;/h6-7,10,12-13H,4-5,8-9,11H2,1-3H3,(H2,21,22,23);1H.